The zero-order valence-electron chi connectivity index (χ0n) is 22.3. The van der Waals surface area contributed by atoms with Gasteiger partial charge in [-0.25, -0.2) is 0 Å². The Morgan fingerprint density at radius 3 is 1.42 bits per heavy atom. The Morgan fingerprint density at radius 2 is 1.02 bits per heavy atom. The Bertz CT molecular complexity index is 2190. The lowest BCUT2D eigenvalue weighted by Crippen LogP contribution is -2.48. The van der Waals surface area contributed by atoms with Gasteiger partial charge in [0.15, 0.2) is 0 Å². The number of thiophene rings is 2. The summed E-state index contributed by atoms with van der Waals surface area (Å²) in [6.45, 7) is 4.76. The van der Waals surface area contributed by atoms with Crippen molar-refractivity contribution >= 4 is 98.8 Å². The Balaban J connectivity index is 1.33. The van der Waals surface area contributed by atoms with E-state index in [0.717, 1.165) is 55.4 Å². The lowest BCUT2D eigenvalue weighted by molar-refractivity contribution is 1.47. The second-order valence-corrected chi connectivity index (χ2v) is 17.7. The summed E-state index contributed by atoms with van der Waals surface area (Å²) < 4.78 is 18.1. The number of rotatable bonds is 4. The highest BCUT2D eigenvalue weighted by Gasteiger charge is 2.41. The quantitative estimate of drug-likeness (QED) is 0.150. The predicted octanol–water partition coefficient (Wildman–Crippen LogP) is 6.82. The molecule has 0 saturated heterocycles. The van der Waals surface area contributed by atoms with Crippen LogP contribution in [-0.2, 0) is 0 Å². The van der Waals surface area contributed by atoms with Crippen molar-refractivity contribution in [2.45, 2.75) is 13.1 Å². The maximum atomic E-state index is 9.22. The fraction of sp³-hybridized carbons (Fsp3) is 0.0667. The third kappa shape index (κ3) is 4.15. The molecule has 2 aromatic carbocycles. The van der Waals surface area contributed by atoms with E-state index in [2.05, 4.69) is 42.7 Å². The van der Waals surface area contributed by atoms with Gasteiger partial charge in [0.25, 0.3) is 0 Å². The van der Waals surface area contributed by atoms with Crippen molar-refractivity contribution in [3.63, 3.8) is 0 Å². The highest BCUT2D eigenvalue weighted by molar-refractivity contribution is 7.31. The van der Waals surface area contributed by atoms with Crippen LogP contribution in [0.3, 0.4) is 0 Å². The minimum Gasteiger partial charge on any atom is -0.192 e. The van der Waals surface area contributed by atoms with Crippen molar-refractivity contribution in [2.24, 2.45) is 0 Å². The van der Waals surface area contributed by atoms with Crippen molar-refractivity contribution in [1.29, 1.82) is 21.0 Å². The number of nitrogens with zero attached hydrogens (tertiary/aromatic N) is 8. The summed E-state index contributed by atoms with van der Waals surface area (Å²) in [5, 5.41) is 39.7. The van der Waals surface area contributed by atoms with E-state index in [-0.39, 0.29) is 11.1 Å². The molecule has 7 rings (SSSR count). The molecule has 0 spiro atoms. The van der Waals surface area contributed by atoms with Crippen LogP contribution in [0.2, 0.25) is 13.1 Å². The number of hydrogen-bond donors (Lipinski definition) is 0. The molecule has 43 heavy (non-hydrogen) atoms. The zero-order chi connectivity index (χ0) is 29.9. The first-order chi connectivity index (χ1) is 20.9. The fourth-order valence-corrected chi connectivity index (χ4v) is 13.8. The van der Waals surface area contributed by atoms with Crippen LogP contribution < -0.4 is 10.4 Å². The summed E-state index contributed by atoms with van der Waals surface area (Å²) in [7, 11) is -2.00. The topological polar surface area (TPSA) is 147 Å². The van der Waals surface area contributed by atoms with Gasteiger partial charge in [0, 0.05) is 41.8 Å². The molecule has 0 fully saturated rings. The van der Waals surface area contributed by atoms with E-state index in [4.69, 9.17) is 0 Å². The Kier molecular flexibility index (Phi) is 6.37. The molecule has 0 radical (unpaired) electrons. The molecule has 6 aromatic rings. The summed E-state index contributed by atoms with van der Waals surface area (Å²) in [5.74, 6) is 0. The van der Waals surface area contributed by atoms with Crippen LogP contribution in [0.25, 0.3) is 64.9 Å². The Hall–Kier alpha value is -4.86. The zero-order valence-corrected chi connectivity index (χ0v) is 26.6. The maximum Gasteiger partial charge on any atom is 0.130 e. The van der Waals surface area contributed by atoms with Crippen molar-refractivity contribution in [1.82, 2.24) is 17.5 Å². The van der Waals surface area contributed by atoms with Crippen LogP contribution in [-0.4, -0.2) is 25.6 Å². The van der Waals surface area contributed by atoms with Gasteiger partial charge in [0.1, 0.15) is 65.6 Å². The van der Waals surface area contributed by atoms with Gasteiger partial charge < -0.3 is 0 Å². The van der Waals surface area contributed by atoms with Gasteiger partial charge in [0.05, 0.1) is 23.5 Å². The standard InChI is InChI=1S/C30H14N8S4Si/c1-43(2)23-9-21(19-5-3-17(7-15(11-31)12-32)25-27(19)37-41-35-25)39-29(23)30-24(43)10-22(40-30)20-6-4-18(8-16(13-33)14-34)26-28(20)38-42-36-26/h3-10H,1-2H3. The van der Waals surface area contributed by atoms with E-state index in [1.807, 2.05) is 48.5 Å². The van der Waals surface area contributed by atoms with Crippen LogP contribution in [0.5, 0.6) is 0 Å². The largest absolute Gasteiger partial charge is 0.192 e. The first-order valence-corrected chi connectivity index (χ1v) is 18.8. The van der Waals surface area contributed by atoms with E-state index in [1.165, 1.54) is 20.1 Å². The molecule has 1 aliphatic heterocycles. The molecule has 0 saturated carbocycles. The number of aromatic nitrogens is 4. The molecule has 0 N–H and O–H groups in total. The van der Waals surface area contributed by atoms with Crippen molar-refractivity contribution in [2.75, 3.05) is 0 Å². The van der Waals surface area contributed by atoms with E-state index in [0.29, 0.717) is 22.2 Å². The van der Waals surface area contributed by atoms with Crippen LogP contribution in [0, 0.1) is 45.3 Å². The van der Waals surface area contributed by atoms with Gasteiger partial charge in [-0.15, -0.1) is 22.7 Å². The van der Waals surface area contributed by atoms with Gasteiger partial charge in [-0.1, -0.05) is 37.4 Å². The SMILES string of the molecule is C[Si]1(C)c2cc(-c3ccc(C=C(C#N)C#N)c4nsnc34)sc2-c2sc(-c3ccc(C=C(C#N)C#N)c4nsnc34)cc21. The molecule has 4 aromatic heterocycles. The van der Waals surface area contributed by atoms with Crippen molar-refractivity contribution < 1.29 is 0 Å². The molecule has 0 unspecified atom stereocenters. The van der Waals surface area contributed by atoms with Gasteiger partial charge in [0.2, 0.25) is 0 Å². The van der Waals surface area contributed by atoms with E-state index < -0.39 is 8.07 Å². The van der Waals surface area contributed by atoms with Gasteiger partial charge in [-0.2, -0.15) is 38.5 Å². The lowest BCUT2D eigenvalue weighted by Gasteiger charge is -2.16. The second-order valence-electron chi connectivity index (χ2n) is 10.2. The van der Waals surface area contributed by atoms with Crippen molar-refractivity contribution in [3.05, 3.63) is 58.7 Å². The van der Waals surface area contributed by atoms with E-state index in [9.17, 15) is 21.0 Å². The number of nitriles is 4. The first kappa shape index (κ1) is 27.0. The number of benzene rings is 2. The highest BCUT2D eigenvalue weighted by atomic mass is 32.1. The molecule has 0 amide bonds. The van der Waals surface area contributed by atoms with E-state index >= 15 is 0 Å². The van der Waals surface area contributed by atoms with Crippen LogP contribution in [0.15, 0.2) is 47.5 Å². The second kappa shape index (κ2) is 10.1. The maximum absolute atomic E-state index is 9.22. The predicted molar refractivity (Wildman–Crippen MR) is 176 cm³/mol. The number of allylic oxidation sites excluding steroid dienone is 2. The van der Waals surface area contributed by atoms with E-state index in [1.54, 1.807) is 34.8 Å². The van der Waals surface area contributed by atoms with Crippen LogP contribution in [0.4, 0.5) is 0 Å². The number of hydrogen-bond acceptors (Lipinski definition) is 12. The first-order valence-electron chi connectivity index (χ1n) is 12.7. The van der Waals surface area contributed by atoms with Gasteiger partial charge >= 0.3 is 0 Å². The van der Waals surface area contributed by atoms with Crippen molar-refractivity contribution in [3.8, 4) is 54.9 Å². The minimum atomic E-state index is -2.00. The molecule has 0 atom stereocenters. The summed E-state index contributed by atoms with van der Waals surface area (Å²) in [6, 6.07) is 20.1. The average molecular weight is 643 g/mol. The molecule has 8 nitrogen and oxygen atoms in total. The molecule has 1 aliphatic rings. The smallest absolute Gasteiger partial charge is 0.130 e. The lowest BCUT2D eigenvalue weighted by atomic mass is 10.1. The molecule has 202 valence electrons. The molecule has 0 aliphatic carbocycles. The van der Waals surface area contributed by atoms with Gasteiger partial charge in [-0.05, 0) is 34.7 Å². The third-order valence-corrected chi connectivity index (χ3v) is 14.9. The van der Waals surface area contributed by atoms with Crippen LogP contribution >= 0.6 is 46.1 Å². The molecular formula is C30H14N8S4Si. The molecular weight excluding hydrogens is 629 g/mol. The average Bonchev–Trinajstić information content (AvgIpc) is 3.84. The summed E-state index contributed by atoms with van der Waals surface area (Å²) >= 11 is 5.77. The molecule has 13 heteroatoms. The minimum absolute atomic E-state index is 0.0248. The monoisotopic (exact) mass is 642 g/mol. The Labute approximate surface area is 262 Å². The fourth-order valence-electron chi connectivity index (χ4n) is 5.35. The third-order valence-electron chi connectivity index (χ3n) is 7.52. The normalized spacial score (nSPS) is 12.5. The summed E-state index contributed by atoms with van der Waals surface area (Å²) in [6.07, 6.45) is 3.11. The summed E-state index contributed by atoms with van der Waals surface area (Å²) in [4.78, 5) is 4.81. The molecule has 5 heterocycles. The van der Waals surface area contributed by atoms with Gasteiger partial charge in [-0.3, -0.25) is 0 Å². The van der Waals surface area contributed by atoms with Crippen LogP contribution in [0.1, 0.15) is 11.1 Å². The Morgan fingerprint density at radius 1 is 0.628 bits per heavy atom. The number of fused-ring (bicyclic) bond motifs is 5. The molecule has 0 bridgehead atoms. The highest BCUT2D eigenvalue weighted by Crippen LogP contribution is 2.46. The summed E-state index contributed by atoms with van der Waals surface area (Å²) in [5.41, 5.74) is 6.35.